The van der Waals surface area contributed by atoms with Crippen LogP contribution in [0.1, 0.15) is 42.1 Å². The van der Waals surface area contributed by atoms with Crippen molar-refractivity contribution in [1.82, 2.24) is 4.90 Å². The maximum absolute atomic E-state index is 12.5. The summed E-state index contributed by atoms with van der Waals surface area (Å²) >= 11 is 0. The number of ether oxygens (including phenoxy) is 1. The SMILES string of the molecule is C/C=C(\OCCC1CCN(C(=O)c2ccccc2)CC1)c1ccccc1. The van der Waals surface area contributed by atoms with Gasteiger partial charge < -0.3 is 9.64 Å². The highest BCUT2D eigenvalue weighted by molar-refractivity contribution is 5.94. The molecular weight excluding hydrogens is 322 g/mol. The number of piperidine rings is 1. The van der Waals surface area contributed by atoms with Crippen molar-refractivity contribution in [3.8, 4) is 0 Å². The summed E-state index contributed by atoms with van der Waals surface area (Å²) in [4.78, 5) is 14.5. The number of allylic oxidation sites excluding steroid dienone is 1. The van der Waals surface area contributed by atoms with E-state index in [9.17, 15) is 4.79 Å². The first-order valence-corrected chi connectivity index (χ1v) is 9.47. The number of amides is 1. The van der Waals surface area contributed by atoms with E-state index in [1.54, 1.807) is 0 Å². The topological polar surface area (TPSA) is 29.5 Å². The van der Waals surface area contributed by atoms with Crippen molar-refractivity contribution in [2.24, 2.45) is 5.92 Å². The van der Waals surface area contributed by atoms with Gasteiger partial charge in [-0.2, -0.15) is 0 Å². The van der Waals surface area contributed by atoms with E-state index < -0.39 is 0 Å². The molecule has 1 heterocycles. The molecule has 0 saturated carbocycles. The van der Waals surface area contributed by atoms with Gasteiger partial charge in [-0.25, -0.2) is 0 Å². The van der Waals surface area contributed by atoms with Crippen LogP contribution < -0.4 is 0 Å². The second kappa shape index (κ2) is 9.23. The third-order valence-electron chi connectivity index (χ3n) is 5.03. The summed E-state index contributed by atoms with van der Waals surface area (Å²) in [6.45, 7) is 4.42. The third-order valence-corrected chi connectivity index (χ3v) is 5.03. The molecule has 0 aliphatic carbocycles. The summed E-state index contributed by atoms with van der Waals surface area (Å²) in [5.74, 6) is 1.73. The zero-order valence-electron chi connectivity index (χ0n) is 15.4. The van der Waals surface area contributed by atoms with Gasteiger partial charge in [0.05, 0.1) is 6.61 Å². The van der Waals surface area contributed by atoms with Crippen molar-refractivity contribution in [3.05, 3.63) is 77.9 Å². The summed E-state index contributed by atoms with van der Waals surface area (Å²) in [6.07, 6.45) is 5.17. The second-order valence-electron chi connectivity index (χ2n) is 6.76. The highest BCUT2D eigenvalue weighted by atomic mass is 16.5. The number of likely N-dealkylation sites (tertiary alicyclic amines) is 1. The Hall–Kier alpha value is -2.55. The number of carbonyl (C=O) groups is 1. The van der Waals surface area contributed by atoms with E-state index >= 15 is 0 Å². The van der Waals surface area contributed by atoms with E-state index in [4.69, 9.17) is 4.74 Å². The summed E-state index contributed by atoms with van der Waals surface area (Å²) in [5.41, 5.74) is 1.91. The Balaban J connectivity index is 1.42. The molecule has 1 aliphatic heterocycles. The molecule has 2 aromatic carbocycles. The van der Waals surface area contributed by atoms with E-state index in [0.29, 0.717) is 5.92 Å². The van der Waals surface area contributed by atoms with Crippen LogP contribution in [0, 0.1) is 5.92 Å². The van der Waals surface area contributed by atoms with E-state index in [1.165, 1.54) is 0 Å². The van der Waals surface area contributed by atoms with Crippen LogP contribution in [0.15, 0.2) is 66.7 Å². The predicted octanol–water partition coefficient (Wildman–Crippen LogP) is 5.01. The number of rotatable bonds is 6. The maximum Gasteiger partial charge on any atom is 0.253 e. The molecule has 3 rings (SSSR count). The normalized spacial score (nSPS) is 15.7. The van der Waals surface area contributed by atoms with Gasteiger partial charge in [0.2, 0.25) is 0 Å². The second-order valence-corrected chi connectivity index (χ2v) is 6.76. The molecule has 2 aromatic rings. The van der Waals surface area contributed by atoms with Crippen molar-refractivity contribution in [3.63, 3.8) is 0 Å². The minimum absolute atomic E-state index is 0.153. The van der Waals surface area contributed by atoms with Gasteiger partial charge in [0, 0.05) is 24.2 Å². The lowest BCUT2D eigenvalue weighted by molar-refractivity contribution is 0.0677. The molecule has 0 spiro atoms. The van der Waals surface area contributed by atoms with E-state index in [1.807, 2.05) is 66.4 Å². The molecule has 0 aromatic heterocycles. The van der Waals surface area contributed by atoms with Gasteiger partial charge in [-0.15, -0.1) is 0 Å². The minimum Gasteiger partial charge on any atom is -0.493 e. The van der Waals surface area contributed by atoms with Crippen molar-refractivity contribution in [2.45, 2.75) is 26.2 Å². The first-order valence-electron chi connectivity index (χ1n) is 9.47. The number of hydrogen-bond acceptors (Lipinski definition) is 2. The van der Waals surface area contributed by atoms with Crippen LogP contribution in [-0.4, -0.2) is 30.5 Å². The summed E-state index contributed by atoms with van der Waals surface area (Å²) in [5, 5.41) is 0. The van der Waals surface area contributed by atoms with Crippen LogP contribution >= 0.6 is 0 Å². The average molecular weight is 349 g/mol. The average Bonchev–Trinajstić information content (AvgIpc) is 2.72. The zero-order valence-corrected chi connectivity index (χ0v) is 15.4. The van der Waals surface area contributed by atoms with Gasteiger partial charge in [0.15, 0.2) is 0 Å². The van der Waals surface area contributed by atoms with Crippen LogP contribution in [0.25, 0.3) is 5.76 Å². The van der Waals surface area contributed by atoms with Crippen molar-refractivity contribution in [2.75, 3.05) is 19.7 Å². The van der Waals surface area contributed by atoms with E-state index in [2.05, 4.69) is 12.1 Å². The molecule has 136 valence electrons. The molecule has 0 radical (unpaired) electrons. The van der Waals surface area contributed by atoms with Crippen molar-refractivity contribution >= 4 is 11.7 Å². The van der Waals surface area contributed by atoms with Gasteiger partial charge in [-0.3, -0.25) is 4.79 Å². The van der Waals surface area contributed by atoms with Gasteiger partial charge in [0.1, 0.15) is 5.76 Å². The monoisotopic (exact) mass is 349 g/mol. The smallest absolute Gasteiger partial charge is 0.253 e. The van der Waals surface area contributed by atoms with E-state index in [-0.39, 0.29) is 5.91 Å². The molecule has 0 atom stereocenters. The van der Waals surface area contributed by atoms with Crippen LogP contribution in [0.2, 0.25) is 0 Å². The molecule has 1 amide bonds. The Morgan fingerprint density at radius 2 is 1.58 bits per heavy atom. The standard InChI is InChI=1S/C23H27NO2/c1-2-22(20-9-5-3-6-10-20)26-18-15-19-13-16-24(17-14-19)23(25)21-11-7-4-8-12-21/h2-12,19H,13-18H2,1H3/b22-2-. The summed E-state index contributed by atoms with van der Waals surface area (Å²) < 4.78 is 6.00. The highest BCUT2D eigenvalue weighted by Crippen LogP contribution is 2.23. The Morgan fingerprint density at radius 1 is 1.00 bits per heavy atom. The Morgan fingerprint density at radius 3 is 2.15 bits per heavy atom. The first-order chi connectivity index (χ1) is 12.8. The third kappa shape index (κ3) is 4.75. The van der Waals surface area contributed by atoms with Gasteiger partial charge >= 0.3 is 0 Å². The molecule has 3 nitrogen and oxygen atoms in total. The fourth-order valence-corrected chi connectivity index (χ4v) is 3.46. The summed E-state index contributed by atoms with van der Waals surface area (Å²) in [6, 6.07) is 19.8. The molecular formula is C23H27NO2. The molecule has 0 N–H and O–H groups in total. The van der Waals surface area contributed by atoms with Gasteiger partial charge in [-0.05, 0) is 50.3 Å². The fraction of sp³-hybridized carbons (Fsp3) is 0.348. The number of nitrogens with zero attached hydrogens (tertiary/aromatic N) is 1. The minimum atomic E-state index is 0.153. The quantitative estimate of drug-likeness (QED) is 0.686. The predicted molar refractivity (Wildman–Crippen MR) is 106 cm³/mol. The fourth-order valence-electron chi connectivity index (χ4n) is 3.46. The van der Waals surface area contributed by atoms with E-state index in [0.717, 1.165) is 55.8 Å². The molecule has 0 bridgehead atoms. The van der Waals surface area contributed by atoms with Crippen molar-refractivity contribution in [1.29, 1.82) is 0 Å². The lowest BCUT2D eigenvalue weighted by Gasteiger charge is -2.32. The lowest BCUT2D eigenvalue weighted by Crippen LogP contribution is -2.38. The molecule has 0 unspecified atom stereocenters. The van der Waals surface area contributed by atoms with Crippen LogP contribution in [0.5, 0.6) is 0 Å². The molecule has 1 fully saturated rings. The number of carbonyl (C=O) groups excluding carboxylic acids is 1. The number of hydrogen-bond donors (Lipinski definition) is 0. The Bertz CT molecular complexity index is 716. The first kappa shape index (κ1) is 18.2. The van der Waals surface area contributed by atoms with Crippen LogP contribution in [0.4, 0.5) is 0 Å². The molecule has 26 heavy (non-hydrogen) atoms. The maximum atomic E-state index is 12.5. The molecule has 1 saturated heterocycles. The number of benzene rings is 2. The van der Waals surface area contributed by atoms with Gasteiger partial charge in [0.25, 0.3) is 5.91 Å². The lowest BCUT2D eigenvalue weighted by atomic mass is 9.93. The zero-order chi connectivity index (χ0) is 18.2. The van der Waals surface area contributed by atoms with Crippen LogP contribution in [-0.2, 0) is 4.74 Å². The summed E-state index contributed by atoms with van der Waals surface area (Å²) in [7, 11) is 0. The Labute approximate surface area is 156 Å². The van der Waals surface area contributed by atoms with Gasteiger partial charge in [-0.1, -0.05) is 48.5 Å². The largest absolute Gasteiger partial charge is 0.493 e. The van der Waals surface area contributed by atoms with Crippen LogP contribution in [0.3, 0.4) is 0 Å². The Kier molecular flexibility index (Phi) is 6.48. The molecule has 3 heteroatoms. The van der Waals surface area contributed by atoms with Crippen molar-refractivity contribution < 1.29 is 9.53 Å². The molecule has 1 aliphatic rings. The highest BCUT2D eigenvalue weighted by Gasteiger charge is 2.23.